The Morgan fingerprint density at radius 1 is 0.958 bits per heavy atom. The number of hydrogen-bond donors (Lipinski definition) is 1. The molecule has 0 bridgehead atoms. The predicted octanol–water partition coefficient (Wildman–Crippen LogP) is 3.97. The molecule has 1 fully saturated rings. The van der Waals surface area contributed by atoms with Crippen LogP contribution in [0.1, 0.15) is 0 Å². The molecule has 1 aliphatic heterocycles. The lowest BCUT2D eigenvalue weighted by molar-refractivity contribution is 0.208. The quantitative estimate of drug-likeness (QED) is 0.888. The van der Waals surface area contributed by atoms with Gasteiger partial charge in [-0.05, 0) is 36.4 Å². The first-order valence-electron chi connectivity index (χ1n) is 7.55. The molecule has 0 spiro atoms. The molecule has 24 heavy (non-hydrogen) atoms. The summed E-state index contributed by atoms with van der Waals surface area (Å²) in [5.41, 5.74) is 0.613. The van der Waals surface area contributed by atoms with E-state index < -0.39 is 11.6 Å². The lowest BCUT2D eigenvalue weighted by Crippen LogP contribution is -2.50. The van der Waals surface area contributed by atoms with Crippen molar-refractivity contribution in [1.82, 2.24) is 4.90 Å². The first kappa shape index (κ1) is 16.5. The molecule has 2 amide bonds. The molecule has 1 aliphatic rings. The van der Waals surface area contributed by atoms with E-state index in [4.69, 9.17) is 11.6 Å². The van der Waals surface area contributed by atoms with Gasteiger partial charge in [0.1, 0.15) is 17.3 Å². The van der Waals surface area contributed by atoms with Crippen LogP contribution in [0.4, 0.5) is 25.0 Å². The Bertz CT molecular complexity index is 711. The van der Waals surface area contributed by atoms with Crippen LogP contribution in [0.5, 0.6) is 0 Å². The third-order valence-electron chi connectivity index (χ3n) is 3.92. The number of hydrogen-bond acceptors (Lipinski definition) is 2. The monoisotopic (exact) mass is 351 g/mol. The van der Waals surface area contributed by atoms with E-state index in [0.29, 0.717) is 36.9 Å². The van der Waals surface area contributed by atoms with Gasteiger partial charge < -0.3 is 15.1 Å². The van der Waals surface area contributed by atoms with E-state index in [1.807, 2.05) is 0 Å². The number of benzene rings is 2. The summed E-state index contributed by atoms with van der Waals surface area (Å²) in [6, 6.07) is 10.4. The molecule has 0 saturated carbocycles. The van der Waals surface area contributed by atoms with E-state index in [0.717, 1.165) is 0 Å². The molecule has 3 rings (SSSR count). The van der Waals surface area contributed by atoms with E-state index in [9.17, 15) is 13.6 Å². The van der Waals surface area contributed by atoms with Gasteiger partial charge >= 0.3 is 6.03 Å². The second-order valence-corrected chi connectivity index (χ2v) is 5.92. The summed E-state index contributed by atoms with van der Waals surface area (Å²) in [4.78, 5) is 15.5. The highest BCUT2D eigenvalue weighted by atomic mass is 35.5. The first-order chi connectivity index (χ1) is 11.5. The zero-order valence-electron chi connectivity index (χ0n) is 12.8. The van der Waals surface area contributed by atoms with Gasteiger partial charge in [-0.15, -0.1) is 0 Å². The number of urea groups is 1. The Morgan fingerprint density at radius 2 is 1.54 bits per heavy atom. The normalized spacial score (nSPS) is 14.6. The largest absolute Gasteiger partial charge is 0.363 e. The van der Waals surface area contributed by atoms with Crippen molar-refractivity contribution in [2.75, 3.05) is 36.4 Å². The Morgan fingerprint density at radius 3 is 2.12 bits per heavy atom. The molecule has 0 unspecified atom stereocenters. The maximum atomic E-state index is 13.8. The van der Waals surface area contributed by atoms with Crippen molar-refractivity contribution < 1.29 is 13.6 Å². The molecule has 126 valence electrons. The molecule has 2 aromatic rings. The molecule has 2 aromatic carbocycles. The molecule has 1 N–H and O–H groups in total. The summed E-state index contributed by atoms with van der Waals surface area (Å²) in [6.07, 6.45) is 0. The van der Waals surface area contributed by atoms with Crippen molar-refractivity contribution in [2.24, 2.45) is 0 Å². The number of para-hydroxylation sites is 1. The van der Waals surface area contributed by atoms with E-state index >= 15 is 0 Å². The fourth-order valence-corrected chi connectivity index (χ4v) is 2.79. The molecule has 4 nitrogen and oxygen atoms in total. The summed E-state index contributed by atoms with van der Waals surface area (Å²) in [7, 11) is 0. The van der Waals surface area contributed by atoms with Gasteiger partial charge in [0, 0.05) is 36.9 Å². The minimum atomic E-state index is -0.589. The van der Waals surface area contributed by atoms with Gasteiger partial charge in [0.25, 0.3) is 0 Å². The Kier molecular flexibility index (Phi) is 4.85. The predicted molar refractivity (Wildman–Crippen MR) is 90.6 cm³/mol. The smallest absolute Gasteiger partial charge is 0.321 e. The van der Waals surface area contributed by atoms with Gasteiger partial charge in [-0.3, -0.25) is 0 Å². The molecular weight excluding hydrogens is 336 g/mol. The Labute approximate surface area is 143 Å². The fourth-order valence-electron chi connectivity index (χ4n) is 2.66. The Hall–Kier alpha value is -2.34. The maximum absolute atomic E-state index is 13.8. The minimum absolute atomic E-state index is 0.0322. The molecular formula is C17H16ClF2N3O. The van der Waals surface area contributed by atoms with Crippen LogP contribution in [0.2, 0.25) is 5.02 Å². The molecule has 0 radical (unpaired) electrons. The summed E-state index contributed by atoms with van der Waals surface area (Å²) < 4.78 is 27.7. The third-order valence-corrected chi connectivity index (χ3v) is 4.17. The van der Waals surface area contributed by atoms with E-state index in [1.54, 1.807) is 34.1 Å². The SMILES string of the molecule is O=C(Nc1ccc(Cl)cc1)N1CCN(c2c(F)cccc2F)CC1. The van der Waals surface area contributed by atoms with Crippen molar-refractivity contribution in [2.45, 2.75) is 0 Å². The van der Waals surface area contributed by atoms with Gasteiger partial charge in [-0.2, -0.15) is 0 Å². The van der Waals surface area contributed by atoms with Gasteiger partial charge in [0.05, 0.1) is 0 Å². The lowest BCUT2D eigenvalue weighted by Gasteiger charge is -2.36. The van der Waals surface area contributed by atoms with Crippen LogP contribution < -0.4 is 10.2 Å². The van der Waals surface area contributed by atoms with Crippen molar-refractivity contribution in [3.05, 3.63) is 59.1 Å². The third kappa shape index (κ3) is 3.59. The number of nitrogens with zero attached hydrogens (tertiary/aromatic N) is 2. The number of carbonyl (C=O) groups is 1. The highest BCUT2D eigenvalue weighted by molar-refractivity contribution is 6.30. The molecule has 0 aromatic heterocycles. The fraction of sp³-hybridized carbons (Fsp3) is 0.235. The van der Waals surface area contributed by atoms with Crippen LogP contribution in [-0.2, 0) is 0 Å². The van der Waals surface area contributed by atoms with Crippen LogP contribution in [0.15, 0.2) is 42.5 Å². The van der Waals surface area contributed by atoms with Crippen molar-refractivity contribution >= 4 is 29.0 Å². The summed E-state index contributed by atoms with van der Waals surface area (Å²) in [5.74, 6) is -1.18. The van der Waals surface area contributed by atoms with E-state index in [2.05, 4.69) is 5.32 Å². The zero-order valence-corrected chi connectivity index (χ0v) is 13.6. The highest BCUT2D eigenvalue weighted by Crippen LogP contribution is 2.24. The number of halogens is 3. The van der Waals surface area contributed by atoms with Crippen LogP contribution in [0, 0.1) is 11.6 Å². The Balaban J connectivity index is 1.60. The van der Waals surface area contributed by atoms with Gasteiger partial charge in [0.15, 0.2) is 0 Å². The lowest BCUT2D eigenvalue weighted by atomic mass is 10.2. The number of carbonyl (C=O) groups excluding carboxylic acids is 1. The highest BCUT2D eigenvalue weighted by Gasteiger charge is 2.24. The average Bonchev–Trinajstić information content (AvgIpc) is 2.57. The van der Waals surface area contributed by atoms with Crippen LogP contribution in [0.25, 0.3) is 0 Å². The zero-order chi connectivity index (χ0) is 17.1. The van der Waals surface area contributed by atoms with E-state index in [-0.39, 0.29) is 11.7 Å². The van der Waals surface area contributed by atoms with Crippen molar-refractivity contribution in [3.8, 4) is 0 Å². The van der Waals surface area contributed by atoms with Crippen LogP contribution in [0.3, 0.4) is 0 Å². The maximum Gasteiger partial charge on any atom is 0.321 e. The topological polar surface area (TPSA) is 35.6 Å². The van der Waals surface area contributed by atoms with Gasteiger partial charge in [0.2, 0.25) is 0 Å². The van der Waals surface area contributed by atoms with E-state index in [1.165, 1.54) is 18.2 Å². The number of nitrogens with one attached hydrogen (secondary N) is 1. The number of rotatable bonds is 2. The standard InChI is InChI=1S/C17H16ClF2N3O/c18-12-4-6-13(7-5-12)21-17(24)23-10-8-22(9-11-23)16-14(19)2-1-3-15(16)20/h1-7H,8-11H2,(H,21,24). The summed E-state index contributed by atoms with van der Waals surface area (Å²) in [6.45, 7) is 1.50. The van der Waals surface area contributed by atoms with Crippen molar-refractivity contribution in [3.63, 3.8) is 0 Å². The number of amides is 2. The molecule has 1 heterocycles. The van der Waals surface area contributed by atoms with Gasteiger partial charge in [-0.25, -0.2) is 13.6 Å². The second-order valence-electron chi connectivity index (χ2n) is 5.48. The summed E-state index contributed by atoms with van der Waals surface area (Å²) in [5, 5.41) is 3.37. The molecule has 7 heteroatoms. The summed E-state index contributed by atoms with van der Waals surface area (Å²) >= 11 is 5.81. The minimum Gasteiger partial charge on any atom is -0.363 e. The number of piperazine rings is 1. The second kappa shape index (κ2) is 7.05. The first-order valence-corrected chi connectivity index (χ1v) is 7.93. The molecule has 0 atom stereocenters. The van der Waals surface area contributed by atoms with Crippen LogP contribution in [-0.4, -0.2) is 37.1 Å². The molecule has 0 aliphatic carbocycles. The van der Waals surface area contributed by atoms with Crippen LogP contribution >= 0.6 is 11.6 Å². The van der Waals surface area contributed by atoms with Crippen molar-refractivity contribution in [1.29, 1.82) is 0 Å². The number of anilines is 2. The van der Waals surface area contributed by atoms with Gasteiger partial charge in [-0.1, -0.05) is 17.7 Å². The molecule has 1 saturated heterocycles. The average molecular weight is 352 g/mol.